The maximum atomic E-state index is 12.5. The van der Waals surface area contributed by atoms with Crippen LogP contribution in [0.5, 0.6) is 0 Å². The Morgan fingerprint density at radius 2 is 1.94 bits per heavy atom. The summed E-state index contributed by atoms with van der Waals surface area (Å²) in [6, 6.07) is 11.5. The summed E-state index contributed by atoms with van der Waals surface area (Å²) in [6.07, 6.45) is 1.72. The molecule has 1 amide bonds. The minimum Gasteiger partial charge on any atom is -0.478 e. The molecule has 0 aliphatic carbocycles. The Morgan fingerprint density at radius 1 is 1.19 bits per heavy atom. The molecule has 7 nitrogen and oxygen atoms in total. The molecule has 2 aromatic carbocycles. The second kappa shape index (κ2) is 9.87. The second-order valence-electron chi connectivity index (χ2n) is 7.80. The molecule has 3 rings (SSSR count). The Labute approximate surface area is 192 Å². The van der Waals surface area contributed by atoms with Gasteiger partial charge >= 0.3 is 5.97 Å². The quantitative estimate of drug-likeness (QED) is 0.514. The first-order valence-electron chi connectivity index (χ1n) is 10.3. The molecule has 0 saturated carbocycles. The number of aromatic nitrogens is 2. The Balaban J connectivity index is 1.71. The van der Waals surface area contributed by atoms with Crippen molar-refractivity contribution in [2.75, 3.05) is 23.8 Å². The summed E-state index contributed by atoms with van der Waals surface area (Å²) in [7, 11) is 3.80. The lowest BCUT2D eigenvalue weighted by Gasteiger charge is -2.22. The largest absolute Gasteiger partial charge is 0.478 e. The van der Waals surface area contributed by atoms with Crippen molar-refractivity contribution in [3.63, 3.8) is 0 Å². The molecule has 0 bridgehead atoms. The second-order valence-corrected chi connectivity index (χ2v) is 8.24. The Hall–Kier alpha value is -3.32. The van der Waals surface area contributed by atoms with E-state index in [-0.39, 0.29) is 11.5 Å². The number of carboxylic acids is 1. The van der Waals surface area contributed by atoms with Crippen LogP contribution in [0.2, 0.25) is 5.02 Å². The number of halogens is 1. The fourth-order valence-corrected chi connectivity index (χ4v) is 3.93. The lowest BCUT2D eigenvalue weighted by molar-refractivity contribution is 0.0697. The van der Waals surface area contributed by atoms with E-state index in [9.17, 15) is 14.7 Å². The van der Waals surface area contributed by atoms with E-state index >= 15 is 0 Å². The molecular formula is C24H27ClN4O3. The molecule has 0 aliphatic heterocycles. The molecule has 1 heterocycles. The molecular weight excluding hydrogens is 428 g/mol. The maximum absolute atomic E-state index is 12.5. The van der Waals surface area contributed by atoms with Gasteiger partial charge in [0.15, 0.2) is 0 Å². The zero-order chi connectivity index (χ0) is 23.4. The average molecular weight is 455 g/mol. The molecule has 0 atom stereocenters. The summed E-state index contributed by atoms with van der Waals surface area (Å²) in [6.45, 7) is 4.74. The van der Waals surface area contributed by atoms with Gasteiger partial charge < -0.3 is 15.3 Å². The van der Waals surface area contributed by atoms with Crippen molar-refractivity contribution < 1.29 is 14.7 Å². The van der Waals surface area contributed by atoms with Crippen LogP contribution in [0.25, 0.3) is 0 Å². The lowest BCUT2D eigenvalue weighted by atomic mass is 10.1. The Morgan fingerprint density at radius 3 is 2.56 bits per heavy atom. The fraction of sp³-hybridized carbons (Fsp3) is 0.292. The van der Waals surface area contributed by atoms with Crippen LogP contribution in [0.3, 0.4) is 0 Å². The number of rotatable bonds is 8. The zero-order valence-corrected chi connectivity index (χ0v) is 19.4. The number of carboxylic acid groups (broad SMARTS) is 1. The number of hydrogen-bond acceptors (Lipinski definition) is 4. The van der Waals surface area contributed by atoms with Crippen LogP contribution in [0.4, 0.5) is 11.4 Å². The molecule has 3 aromatic rings. The van der Waals surface area contributed by atoms with E-state index in [4.69, 9.17) is 11.6 Å². The van der Waals surface area contributed by atoms with Crippen molar-refractivity contribution in [1.29, 1.82) is 0 Å². The number of aromatic carboxylic acids is 1. The van der Waals surface area contributed by atoms with E-state index in [1.165, 1.54) is 11.6 Å². The number of amides is 1. The summed E-state index contributed by atoms with van der Waals surface area (Å²) >= 11 is 5.95. The summed E-state index contributed by atoms with van der Waals surface area (Å²) < 4.78 is 1.88. The molecule has 2 N–H and O–H groups in total. The molecule has 0 spiro atoms. The SMILES string of the molecule is Cc1nn(C)c(C)c1CCCN(C)c1ccc(NC(=O)c2cccc(Cl)c2)cc1C(=O)O. The molecule has 32 heavy (non-hydrogen) atoms. The first kappa shape index (κ1) is 23.3. The normalized spacial score (nSPS) is 10.8. The highest BCUT2D eigenvalue weighted by Crippen LogP contribution is 2.25. The smallest absolute Gasteiger partial charge is 0.337 e. The van der Waals surface area contributed by atoms with E-state index < -0.39 is 5.97 Å². The van der Waals surface area contributed by atoms with Crippen molar-refractivity contribution in [3.05, 3.63) is 75.6 Å². The molecule has 1 aromatic heterocycles. The number of hydrogen-bond donors (Lipinski definition) is 2. The fourth-order valence-electron chi connectivity index (χ4n) is 3.74. The van der Waals surface area contributed by atoms with Crippen molar-refractivity contribution in [1.82, 2.24) is 9.78 Å². The molecule has 8 heteroatoms. The Kier molecular flexibility index (Phi) is 7.20. The molecule has 0 saturated heterocycles. The third kappa shape index (κ3) is 5.29. The highest BCUT2D eigenvalue weighted by Gasteiger charge is 2.17. The van der Waals surface area contributed by atoms with Gasteiger partial charge in [-0.2, -0.15) is 5.10 Å². The summed E-state index contributed by atoms with van der Waals surface area (Å²) in [5.74, 6) is -1.41. The van der Waals surface area contributed by atoms with Gasteiger partial charge in [-0.1, -0.05) is 17.7 Å². The molecule has 168 valence electrons. The van der Waals surface area contributed by atoms with E-state index in [0.29, 0.717) is 28.5 Å². The predicted octanol–water partition coefficient (Wildman–Crippen LogP) is 4.71. The average Bonchev–Trinajstić information content (AvgIpc) is 2.99. The number of anilines is 2. The third-order valence-electron chi connectivity index (χ3n) is 5.56. The van der Waals surface area contributed by atoms with Crippen molar-refractivity contribution in [2.45, 2.75) is 26.7 Å². The highest BCUT2D eigenvalue weighted by molar-refractivity contribution is 6.31. The van der Waals surface area contributed by atoms with Crippen LogP contribution in [0, 0.1) is 13.8 Å². The van der Waals surface area contributed by atoms with Crippen molar-refractivity contribution in [3.8, 4) is 0 Å². The van der Waals surface area contributed by atoms with Crippen LogP contribution < -0.4 is 10.2 Å². The van der Waals surface area contributed by atoms with Gasteiger partial charge in [0.25, 0.3) is 5.91 Å². The number of benzene rings is 2. The lowest BCUT2D eigenvalue weighted by Crippen LogP contribution is -2.22. The van der Waals surface area contributed by atoms with Gasteiger partial charge in [-0.15, -0.1) is 0 Å². The van der Waals surface area contributed by atoms with Gasteiger partial charge in [0, 0.05) is 42.6 Å². The predicted molar refractivity (Wildman–Crippen MR) is 127 cm³/mol. The van der Waals surface area contributed by atoms with E-state index in [2.05, 4.69) is 17.3 Å². The van der Waals surface area contributed by atoms with Crippen LogP contribution in [-0.2, 0) is 13.5 Å². The van der Waals surface area contributed by atoms with Gasteiger partial charge in [-0.05, 0) is 68.7 Å². The van der Waals surface area contributed by atoms with Crippen molar-refractivity contribution >= 4 is 34.9 Å². The third-order valence-corrected chi connectivity index (χ3v) is 5.80. The van der Waals surface area contributed by atoms with Crippen LogP contribution in [0.15, 0.2) is 42.5 Å². The number of nitrogens with one attached hydrogen (secondary N) is 1. The molecule has 0 fully saturated rings. The molecule has 0 radical (unpaired) electrons. The number of aryl methyl sites for hydroxylation is 2. The standard InChI is InChI=1S/C24H27ClN4O3/c1-15-20(16(2)29(4)27-15)9-6-12-28(3)22-11-10-19(14-21(22)24(31)32)26-23(30)17-7-5-8-18(25)13-17/h5,7-8,10-11,13-14H,6,9,12H2,1-4H3,(H,26,30)(H,31,32). The van der Waals surface area contributed by atoms with Crippen LogP contribution in [0.1, 0.15) is 44.1 Å². The van der Waals surface area contributed by atoms with E-state index in [1.54, 1.807) is 36.4 Å². The number of carbonyl (C=O) groups excluding carboxylic acids is 1. The van der Waals surface area contributed by atoms with Crippen LogP contribution in [-0.4, -0.2) is 40.4 Å². The Bertz CT molecular complexity index is 1160. The first-order chi connectivity index (χ1) is 15.2. The van der Waals surface area contributed by atoms with Crippen molar-refractivity contribution in [2.24, 2.45) is 7.05 Å². The number of carbonyl (C=O) groups is 2. The van der Waals surface area contributed by atoms with Gasteiger partial charge in [0.05, 0.1) is 16.9 Å². The minimum atomic E-state index is -1.05. The summed E-state index contributed by atoms with van der Waals surface area (Å²) in [5.41, 5.74) is 4.94. The molecule has 0 aliphatic rings. The topological polar surface area (TPSA) is 87.5 Å². The summed E-state index contributed by atoms with van der Waals surface area (Å²) in [5, 5.41) is 17.4. The van der Waals surface area contributed by atoms with E-state index in [0.717, 1.165) is 24.2 Å². The first-order valence-corrected chi connectivity index (χ1v) is 10.7. The van der Waals surface area contributed by atoms with Gasteiger partial charge in [0.2, 0.25) is 0 Å². The number of nitrogens with zero attached hydrogens (tertiary/aromatic N) is 3. The monoisotopic (exact) mass is 454 g/mol. The summed E-state index contributed by atoms with van der Waals surface area (Å²) in [4.78, 5) is 26.3. The van der Waals surface area contributed by atoms with Gasteiger partial charge in [-0.3, -0.25) is 9.48 Å². The van der Waals surface area contributed by atoms with Crippen LogP contribution >= 0.6 is 11.6 Å². The van der Waals surface area contributed by atoms with Gasteiger partial charge in [-0.25, -0.2) is 4.79 Å². The maximum Gasteiger partial charge on any atom is 0.337 e. The van der Waals surface area contributed by atoms with E-state index in [1.807, 2.05) is 30.6 Å². The minimum absolute atomic E-state index is 0.130. The van der Waals surface area contributed by atoms with Gasteiger partial charge in [0.1, 0.15) is 0 Å². The zero-order valence-electron chi connectivity index (χ0n) is 18.6. The molecule has 0 unspecified atom stereocenters. The highest BCUT2D eigenvalue weighted by atomic mass is 35.5.